The fourth-order valence-electron chi connectivity index (χ4n) is 2.42. The molecule has 0 unspecified atom stereocenters. The van der Waals surface area contributed by atoms with Crippen molar-refractivity contribution in [1.82, 2.24) is 19.9 Å². The lowest BCUT2D eigenvalue weighted by molar-refractivity contribution is 0.991. The van der Waals surface area contributed by atoms with Crippen LogP contribution >= 0.6 is 35.1 Å². The minimum atomic E-state index is 0. The van der Waals surface area contributed by atoms with Crippen LogP contribution < -0.4 is 0 Å². The summed E-state index contributed by atoms with van der Waals surface area (Å²) in [7, 11) is 0. The van der Waals surface area contributed by atoms with Gasteiger partial charge in [-0.25, -0.2) is 15.0 Å². The molecule has 3 heterocycles. The van der Waals surface area contributed by atoms with E-state index in [1.165, 1.54) is 4.70 Å². The summed E-state index contributed by atoms with van der Waals surface area (Å²) < 4.78 is 1.18. The van der Waals surface area contributed by atoms with Crippen molar-refractivity contribution in [2.75, 3.05) is 0 Å². The molecule has 0 saturated carbocycles. The van der Waals surface area contributed by atoms with Crippen molar-refractivity contribution in [1.29, 1.82) is 0 Å². The first-order valence-electron chi connectivity index (χ1n) is 7.09. The van der Waals surface area contributed by atoms with Gasteiger partial charge >= 0.3 is 0 Å². The van der Waals surface area contributed by atoms with E-state index in [0.29, 0.717) is 0 Å². The van der Waals surface area contributed by atoms with Crippen LogP contribution in [0.1, 0.15) is 18.4 Å². The maximum absolute atomic E-state index is 4.77. The molecular formula is C16H15ClN4S2. The van der Waals surface area contributed by atoms with Gasteiger partial charge in [0.05, 0.1) is 21.4 Å². The Kier molecular flexibility index (Phi) is 4.48. The molecule has 23 heavy (non-hydrogen) atoms. The van der Waals surface area contributed by atoms with Crippen molar-refractivity contribution in [3.63, 3.8) is 0 Å². The number of rotatable bonds is 3. The molecule has 0 fully saturated rings. The van der Waals surface area contributed by atoms with E-state index in [1.54, 1.807) is 22.7 Å². The van der Waals surface area contributed by atoms with Gasteiger partial charge in [0.1, 0.15) is 16.5 Å². The van der Waals surface area contributed by atoms with Crippen molar-refractivity contribution < 1.29 is 0 Å². The molecule has 1 N–H and O–H groups in total. The smallest absolute Gasteiger partial charge is 0.142 e. The molecule has 0 bridgehead atoms. The predicted octanol–water partition coefficient (Wildman–Crippen LogP) is 5.10. The zero-order valence-electron chi connectivity index (χ0n) is 12.7. The number of aromatic nitrogens is 4. The van der Waals surface area contributed by atoms with Gasteiger partial charge in [0.2, 0.25) is 0 Å². The monoisotopic (exact) mass is 362 g/mol. The van der Waals surface area contributed by atoms with Crippen LogP contribution in [0.5, 0.6) is 0 Å². The number of hydrogen-bond donors (Lipinski definition) is 1. The summed E-state index contributed by atoms with van der Waals surface area (Å²) in [5, 5.41) is 3.06. The SMILES string of the molecule is CCc1nc(-c2ccc3ncsc3c2)c(-c2nc(C)cs2)[nH]1.Cl. The van der Waals surface area contributed by atoms with E-state index in [4.69, 9.17) is 4.98 Å². The lowest BCUT2D eigenvalue weighted by Crippen LogP contribution is -1.84. The minimum absolute atomic E-state index is 0. The number of imidazole rings is 1. The molecule has 4 aromatic rings. The zero-order chi connectivity index (χ0) is 15.1. The highest BCUT2D eigenvalue weighted by Crippen LogP contribution is 2.34. The Morgan fingerprint density at radius 3 is 2.78 bits per heavy atom. The first-order valence-corrected chi connectivity index (χ1v) is 8.85. The fraction of sp³-hybridized carbons (Fsp3) is 0.188. The molecule has 3 aromatic heterocycles. The van der Waals surface area contributed by atoms with Gasteiger partial charge in [0, 0.05) is 23.1 Å². The molecule has 0 amide bonds. The Labute approximate surface area is 148 Å². The van der Waals surface area contributed by atoms with E-state index in [2.05, 4.69) is 45.5 Å². The number of halogens is 1. The van der Waals surface area contributed by atoms with Crippen molar-refractivity contribution in [2.24, 2.45) is 0 Å². The van der Waals surface area contributed by atoms with E-state index < -0.39 is 0 Å². The van der Waals surface area contributed by atoms with Crippen molar-refractivity contribution in [3.8, 4) is 22.0 Å². The van der Waals surface area contributed by atoms with Gasteiger partial charge in [-0.3, -0.25) is 0 Å². The number of thiazole rings is 2. The number of nitrogens with zero attached hydrogens (tertiary/aromatic N) is 3. The minimum Gasteiger partial charge on any atom is -0.340 e. The number of fused-ring (bicyclic) bond motifs is 1. The summed E-state index contributed by atoms with van der Waals surface area (Å²) in [6.45, 7) is 4.12. The van der Waals surface area contributed by atoms with Crippen LogP contribution in [0.2, 0.25) is 0 Å². The van der Waals surface area contributed by atoms with Crippen LogP contribution in [-0.4, -0.2) is 19.9 Å². The van der Waals surface area contributed by atoms with Gasteiger partial charge < -0.3 is 4.98 Å². The second-order valence-electron chi connectivity index (χ2n) is 5.09. The first-order chi connectivity index (χ1) is 10.7. The Balaban J connectivity index is 0.00000156. The average Bonchev–Trinajstić information content (AvgIpc) is 3.24. The number of aryl methyl sites for hydroxylation is 2. The normalized spacial score (nSPS) is 10.9. The molecule has 0 atom stereocenters. The highest BCUT2D eigenvalue weighted by Gasteiger charge is 2.16. The Morgan fingerprint density at radius 1 is 1.17 bits per heavy atom. The number of hydrogen-bond acceptors (Lipinski definition) is 5. The van der Waals surface area contributed by atoms with Crippen molar-refractivity contribution in [2.45, 2.75) is 20.3 Å². The molecule has 4 rings (SSSR count). The topological polar surface area (TPSA) is 54.5 Å². The van der Waals surface area contributed by atoms with Gasteiger partial charge in [0.25, 0.3) is 0 Å². The third-order valence-corrected chi connectivity index (χ3v) is 5.29. The van der Waals surface area contributed by atoms with Crippen LogP contribution in [0.4, 0.5) is 0 Å². The predicted molar refractivity (Wildman–Crippen MR) is 99.7 cm³/mol. The largest absolute Gasteiger partial charge is 0.340 e. The highest BCUT2D eigenvalue weighted by atomic mass is 35.5. The first kappa shape index (κ1) is 16.1. The van der Waals surface area contributed by atoms with Crippen molar-refractivity contribution >= 4 is 45.3 Å². The van der Waals surface area contributed by atoms with Crippen LogP contribution in [0.3, 0.4) is 0 Å². The Bertz CT molecular complexity index is 954. The summed E-state index contributed by atoms with van der Waals surface area (Å²) in [6.07, 6.45) is 0.875. The molecule has 0 aliphatic rings. The molecule has 4 nitrogen and oxygen atoms in total. The standard InChI is InChI=1S/C16H14N4S2.ClH/c1-3-13-19-14(15(20-13)16-18-9(2)7-21-16)10-4-5-11-12(6-10)22-8-17-11;/h4-8H,3H2,1-2H3,(H,19,20);1H. The third-order valence-electron chi connectivity index (χ3n) is 3.53. The number of H-pyrrole nitrogens is 1. The molecule has 1 aromatic carbocycles. The van der Waals surface area contributed by atoms with Crippen LogP contribution in [-0.2, 0) is 6.42 Å². The maximum Gasteiger partial charge on any atom is 0.142 e. The lowest BCUT2D eigenvalue weighted by atomic mass is 10.1. The summed E-state index contributed by atoms with van der Waals surface area (Å²) in [5.74, 6) is 0.988. The molecule has 118 valence electrons. The van der Waals surface area contributed by atoms with E-state index in [-0.39, 0.29) is 12.4 Å². The van der Waals surface area contributed by atoms with Gasteiger partial charge in [-0.2, -0.15) is 0 Å². The zero-order valence-corrected chi connectivity index (χ0v) is 15.1. The quantitative estimate of drug-likeness (QED) is 0.551. The van der Waals surface area contributed by atoms with Gasteiger partial charge in [-0.1, -0.05) is 13.0 Å². The molecule has 0 aliphatic carbocycles. The third kappa shape index (κ3) is 2.89. The summed E-state index contributed by atoms with van der Waals surface area (Å²) in [6, 6.07) is 6.30. The van der Waals surface area contributed by atoms with E-state index in [9.17, 15) is 0 Å². The second-order valence-corrected chi connectivity index (χ2v) is 6.83. The highest BCUT2D eigenvalue weighted by molar-refractivity contribution is 7.16. The molecule has 0 radical (unpaired) electrons. The number of nitrogens with one attached hydrogen (secondary N) is 1. The Hall–Kier alpha value is -1.76. The molecule has 0 saturated heterocycles. The van der Waals surface area contributed by atoms with E-state index >= 15 is 0 Å². The second kappa shape index (κ2) is 6.39. The lowest BCUT2D eigenvalue weighted by Gasteiger charge is -2.00. The molecule has 0 spiro atoms. The van der Waals surface area contributed by atoms with Gasteiger partial charge in [-0.15, -0.1) is 35.1 Å². The van der Waals surface area contributed by atoms with E-state index in [1.807, 2.05) is 12.4 Å². The number of benzene rings is 1. The van der Waals surface area contributed by atoms with E-state index in [0.717, 1.165) is 45.4 Å². The fourth-order valence-corrected chi connectivity index (χ4v) is 3.94. The van der Waals surface area contributed by atoms with Crippen LogP contribution in [0.15, 0.2) is 29.1 Å². The van der Waals surface area contributed by atoms with Gasteiger partial charge in [-0.05, 0) is 19.1 Å². The summed E-state index contributed by atoms with van der Waals surface area (Å²) >= 11 is 3.30. The number of aromatic amines is 1. The average molecular weight is 363 g/mol. The maximum atomic E-state index is 4.77. The van der Waals surface area contributed by atoms with Crippen LogP contribution in [0, 0.1) is 6.92 Å². The van der Waals surface area contributed by atoms with Crippen LogP contribution in [0.25, 0.3) is 32.2 Å². The summed E-state index contributed by atoms with van der Waals surface area (Å²) in [5.41, 5.74) is 7.04. The van der Waals surface area contributed by atoms with Gasteiger partial charge in [0.15, 0.2) is 0 Å². The molecule has 0 aliphatic heterocycles. The summed E-state index contributed by atoms with van der Waals surface area (Å²) in [4.78, 5) is 17.1. The molecular weight excluding hydrogens is 348 g/mol. The van der Waals surface area contributed by atoms with Crippen molar-refractivity contribution in [3.05, 3.63) is 40.6 Å². The Morgan fingerprint density at radius 2 is 2.04 bits per heavy atom. The molecule has 7 heteroatoms.